The second kappa shape index (κ2) is 5.64. The first-order valence-electron chi connectivity index (χ1n) is 6.03. The Balaban J connectivity index is 0.000000606. The summed E-state index contributed by atoms with van der Waals surface area (Å²) in [5.74, 6) is 0.946. The van der Waals surface area contributed by atoms with E-state index in [1.165, 1.54) is 11.1 Å². The van der Waals surface area contributed by atoms with E-state index in [0.29, 0.717) is 0 Å². The van der Waals surface area contributed by atoms with Crippen LogP contribution in [0.4, 0.5) is 0 Å². The maximum atomic E-state index is 4.49. The molecule has 0 amide bonds. The zero-order valence-corrected chi connectivity index (χ0v) is 10.9. The van der Waals surface area contributed by atoms with E-state index in [1.54, 1.807) is 0 Å². The van der Waals surface area contributed by atoms with Gasteiger partial charge in [0.2, 0.25) is 0 Å². The number of fused-ring (bicyclic) bond motifs is 1. The normalized spacial score (nSPS) is 10.1. The molecule has 0 saturated heterocycles. The first-order valence-corrected chi connectivity index (χ1v) is 6.03. The number of aromatic nitrogens is 3. The van der Waals surface area contributed by atoms with E-state index in [9.17, 15) is 0 Å². The fraction of sp³-hybridized carbons (Fsp3) is 0.538. The van der Waals surface area contributed by atoms with E-state index in [4.69, 9.17) is 0 Å². The molecule has 88 valence electrons. The number of rotatable bonds is 2. The van der Waals surface area contributed by atoms with Gasteiger partial charge >= 0.3 is 0 Å². The Morgan fingerprint density at radius 3 is 2.56 bits per heavy atom. The molecule has 0 aliphatic rings. The minimum Gasteiger partial charge on any atom is -0.220 e. The SMILES string of the molecule is CC.CCCc1nc2c(C)cc(C)cn2n1. The van der Waals surface area contributed by atoms with Crippen LogP contribution in [0, 0.1) is 13.8 Å². The van der Waals surface area contributed by atoms with Crippen molar-refractivity contribution in [1.82, 2.24) is 14.6 Å². The molecule has 2 rings (SSSR count). The molecule has 0 aliphatic carbocycles. The van der Waals surface area contributed by atoms with Gasteiger partial charge in [0.1, 0.15) is 0 Å². The summed E-state index contributed by atoms with van der Waals surface area (Å²) in [5.41, 5.74) is 3.40. The number of hydrogen-bond donors (Lipinski definition) is 0. The van der Waals surface area contributed by atoms with Crippen molar-refractivity contribution in [2.75, 3.05) is 0 Å². The monoisotopic (exact) mass is 219 g/mol. The average Bonchev–Trinajstić information content (AvgIpc) is 2.64. The van der Waals surface area contributed by atoms with Crippen LogP contribution in [0.2, 0.25) is 0 Å². The van der Waals surface area contributed by atoms with Gasteiger partial charge in [-0.05, 0) is 31.4 Å². The molecule has 16 heavy (non-hydrogen) atoms. The highest BCUT2D eigenvalue weighted by molar-refractivity contribution is 5.47. The lowest BCUT2D eigenvalue weighted by Crippen LogP contribution is -1.91. The van der Waals surface area contributed by atoms with Crippen LogP contribution in [0.15, 0.2) is 12.3 Å². The van der Waals surface area contributed by atoms with Crippen molar-refractivity contribution in [3.8, 4) is 0 Å². The van der Waals surface area contributed by atoms with E-state index in [2.05, 4.69) is 36.9 Å². The summed E-state index contributed by atoms with van der Waals surface area (Å²) in [6.07, 6.45) is 4.07. The summed E-state index contributed by atoms with van der Waals surface area (Å²) < 4.78 is 1.88. The Morgan fingerprint density at radius 2 is 1.94 bits per heavy atom. The number of pyridine rings is 1. The molecule has 0 unspecified atom stereocenters. The van der Waals surface area contributed by atoms with Crippen molar-refractivity contribution in [1.29, 1.82) is 0 Å². The summed E-state index contributed by atoms with van der Waals surface area (Å²) in [4.78, 5) is 4.49. The zero-order chi connectivity index (χ0) is 12.1. The fourth-order valence-corrected chi connectivity index (χ4v) is 1.69. The summed E-state index contributed by atoms with van der Waals surface area (Å²) in [7, 11) is 0. The van der Waals surface area contributed by atoms with Gasteiger partial charge in [-0.15, -0.1) is 0 Å². The van der Waals surface area contributed by atoms with Gasteiger partial charge in [-0.3, -0.25) is 0 Å². The van der Waals surface area contributed by atoms with Crippen LogP contribution in [-0.4, -0.2) is 14.6 Å². The van der Waals surface area contributed by atoms with Gasteiger partial charge in [0.05, 0.1) is 0 Å². The number of hydrogen-bond acceptors (Lipinski definition) is 2. The molecule has 0 aliphatic heterocycles. The minimum absolute atomic E-state index is 0.946. The molecule has 0 N–H and O–H groups in total. The Labute approximate surface area is 97.5 Å². The van der Waals surface area contributed by atoms with Gasteiger partial charge in [0.25, 0.3) is 0 Å². The highest BCUT2D eigenvalue weighted by atomic mass is 15.3. The second-order valence-corrected chi connectivity index (χ2v) is 3.75. The smallest absolute Gasteiger partial charge is 0.158 e. The highest BCUT2D eigenvalue weighted by Crippen LogP contribution is 2.10. The van der Waals surface area contributed by atoms with Gasteiger partial charge in [0.15, 0.2) is 11.5 Å². The quantitative estimate of drug-likeness (QED) is 0.775. The molecule has 0 bridgehead atoms. The van der Waals surface area contributed by atoms with E-state index >= 15 is 0 Å². The van der Waals surface area contributed by atoms with E-state index < -0.39 is 0 Å². The van der Waals surface area contributed by atoms with Crippen LogP contribution < -0.4 is 0 Å². The maximum Gasteiger partial charge on any atom is 0.158 e. The van der Waals surface area contributed by atoms with Crippen molar-refractivity contribution in [3.63, 3.8) is 0 Å². The van der Waals surface area contributed by atoms with Gasteiger partial charge in [-0.1, -0.05) is 26.8 Å². The van der Waals surface area contributed by atoms with Crippen molar-refractivity contribution in [3.05, 3.63) is 29.2 Å². The van der Waals surface area contributed by atoms with Crippen LogP contribution in [0.1, 0.15) is 44.1 Å². The first-order chi connectivity index (χ1) is 7.70. The van der Waals surface area contributed by atoms with Gasteiger partial charge < -0.3 is 0 Å². The molecule has 2 aromatic heterocycles. The maximum absolute atomic E-state index is 4.49. The Morgan fingerprint density at radius 1 is 1.25 bits per heavy atom. The third-order valence-electron chi connectivity index (χ3n) is 2.27. The predicted octanol–water partition coefficient (Wildman–Crippen LogP) is 3.32. The molecule has 3 nitrogen and oxygen atoms in total. The van der Waals surface area contributed by atoms with Crippen molar-refractivity contribution >= 4 is 5.65 Å². The second-order valence-electron chi connectivity index (χ2n) is 3.75. The number of aryl methyl sites for hydroxylation is 3. The molecule has 2 heterocycles. The van der Waals surface area contributed by atoms with E-state index in [-0.39, 0.29) is 0 Å². The van der Waals surface area contributed by atoms with E-state index in [1.807, 2.05) is 24.6 Å². The summed E-state index contributed by atoms with van der Waals surface area (Å²) in [6, 6.07) is 2.14. The fourth-order valence-electron chi connectivity index (χ4n) is 1.69. The summed E-state index contributed by atoms with van der Waals surface area (Å²) in [5, 5.41) is 4.43. The lowest BCUT2D eigenvalue weighted by molar-refractivity contribution is 0.817. The third-order valence-corrected chi connectivity index (χ3v) is 2.27. The lowest BCUT2D eigenvalue weighted by atomic mass is 10.2. The van der Waals surface area contributed by atoms with Crippen LogP contribution in [0.5, 0.6) is 0 Å². The Kier molecular flexibility index (Phi) is 4.47. The minimum atomic E-state index is 0.946. The molecular formula is C13H21N3. The number of nitrogens with zero attached hydrogens (tertiary/aromatic N) is 3. The van der Waals surface area contributed by atoms with Crippen LogP contribution in [-0.2, 0) is 6.42 Å². The van der Waals surface area contributed by atoms with E-state index in [0.717, 1.165) is 24.3 Å². The molecule has 0 saturated carbocycles. The molecule has 0 aromatic carbocycles. The van der Waals surface area contributed by atoms with Gasteiger partial charge in [0, 0.05) is 12.6 Å². The van der Waals surface area contributed by atoms with Gasteiger partial charge in [-0.25, -0.2) is 9.50 Å². The third kappa shape index (κ3) is 2.60. The molecule has 3 heteroatoms. The molecular weight excluding hydrogens is 198 g/mol. The summed E-state index contributed by atoms with van der Waals surface area (Å²) in [6.45, 7) is 10.3. The van der Waals surface area contributed by atoms with Crippen LogP contribution >= 0.6 is 0 Å². The van der Waals surface area contributed by atoms with Crippen molar-refractivity contribution < 1.29 is 0 Å². The Hall–Kier alpha value is -1.38. The first kappa shape index (κ1) is 12.7. The van der Waals surface area contributed by atoms with Crippen LogP contribution in [0.3, 0.4) is 0 Å². The highest BCUT2D eigenvalue weighted by Gasteiger charge is 2.05. The zero-order valence-electron chi connectivity index (χ0n) is 10.9. The van der Waals surface area contributed by atoms with Crippen molar-refractivity contribution in [2.45, 2.75) is 47.5 Å². The van der Waals surface area contributed by atoms with Gasteiger partial charge in [-0.2, -0.15) is 5.10 Å². The average molecular weight is 219 g/mol. The summed E-state index contributed by atoms with van der Waals surface area (Å²) >= 11 is 0. The topological polar surface area (TPSA) is 30.2 Å². The molecule has 0 fully saturated rings. The predicted molar refractivity (Wildman–Crippen MR) is 67.8 cm³/mol. The molecule has 0 atom stereocenters. The largest absolute Gasteiger partial charge is 0.220 e. The Bertz CT molecular complexity index is 457. The molecule has 0 radical (unpaired) electrons. The standard InChI is InChI=1S/C11H15N3.C2H6/c1-4-5-10-12-11-9(3)6-8(2)7-14(11)13-10;1-2/h6-7H,4-5H2,1-3H3;1-2H3. The molecule has 2 aromatic rings. The molecule has 0 spiro atoms. The van der Waals surface area contributed by atoms with Crippen molar-refractivity contribution in [2.24, 2.45) is 0 Å². The lowest BCUT2D eigenvalue weighted by Gasteiger charge is -1.97. The van der Waals surface area contributed by atoms with Crippen LogP contribution in [0.25, 0.3) is 5.65 Å².